The van der Waals surface area contributed by atoms with Gasteiger partial charge in [-0.05, 0) is 18.2 Å². The molecule has 0 amide bonds. The van der Waals surface area contributed by atoms with E-state index >= 15 is 0 Å². The molecule has 0 fully saturated rings. The number of hydrogen-bond donors (Lipinski definition) is 0. The lowest BCUT2D eigenvalue weighted by Crippen LogP contribution is -2.24. The number of aromatic nitrogens is 4. The van der Waals surface area contributed by atoms with Crippen LogP contribution >= 0.6 is 0 Å². The van der Waals surface area contributed by atoms with Gasteiger partial charge < -0.3 is 0 Å². The molecule has 1 aromatic carbocycles. The Bertz CT molecular complexity index is 992. The molecule has 0 spiro atoms. The molecule has 2 aromatic heterocycles. The van der Waals surface area contributed by atoms with Crippen LogP contribution in [0.4, 0.5) is 4.39 Å². The predicted octanol–water partition coefficient (Wildman–Crippen LogP) is 0.310. The van der Waals surface area contributed by atoms with Gasteiger partial charge in [-0.3, -0.25) is 9.36 Å². The van der Waals surface area contributed by atoms with Crippen LogP contribution < -0.4 is 11.2 Å². The quantitative estimate of drug-likeness (QED) is 0.678. The van der Waals surface area contributed by atoms with E-state index in [0.717, 1.165) is 9.08 Å². The van der Waals surface area contributed by atoms with Crippen LogP contribution in [0.3, 0.4) is 0 Å². The van der Waals surface area contributed by atoms with Crippen LogP contribution in [-0.2, 0) is 6.54 Å². The van der Waals surface area contributed by atoms with Crippen molar-refractivity contribution in [2.45, 2.75) is 6.54 Å². The summed E-state index contributed by atoms with van der Waals surface area (Å²) in [7, 11) is 0. The molecule has 21 heavy (non-hydrogen) atoms. The summed E-state index contributed by atoms with van der Waals surface area (Å²) in [6.45, 7) is -0.250. The van der Waals surface area contributed by atoms with Crippen molar-refractivity contribution in [2.24, 2.45) is 0 Å². The van der Waals surface area contributed by atoms with E-state index in [9.17, 15) is 14.0 Å². The van der Waals surface area contributed by atoms with Crippen LogP contribution in [-0.4, -0.2) is 18.7 Å². The number of nitrogens with zero attached hydrogens (tertiary/aromatic N) is 5. The molecule has 2 heterocycles. The summed E-state index contributed by atoms with van der Waals surface area (Å²) in [4.78, 5) is 24.2. The lowest BCUT2D eigenvalue weighted by atomic mass is 10.3. The summed E-state index contributed by atoms with van der Waals surface area (Å²) in [5.41, 5.74) is -0.946. The van der Waals surface area contributed by atoms with Crippen molar-refractivity contribution in [2.75, 3.05) is 0 Å². The molecule has 0 unspecified atom stereocenters. The minimum atomic E-state index is -0.574. The first kappa shape index (κ1) is 12.8. The molecule has 0 atom stereocenters. The molecule has 0 saturated heterocycles. The lowest BCUT2D eigenvalue weighted by Gasteiger charge is -2.04. The molecular weight excluding hydrogens is 277 g/mol. The average Bonchev–Trinajstić information content (AvgIpc) is 2.78. The molecule has 0 N–H and O–H groups in total. The first-order chi connectivity index (χ1) is 10.1. The Labute approximate surface area is 116 Å². The van der Waals surface area contributed by atoms with E-state index in [2.05, 4.69) is 5.10 Å². The molecule has 3 rings (SSSR count). The van der Waals surface area contributed by atoms with Gasteiger partial charge in [0.1, 0.15) is 12.4 Å². The fourth-order valence-electron chi connectivity index (χ4n) is 2.01. The van der Waals surface area contributed by atoms with Crippen molar-refractivity contribution in [3.63, 3.8) is 0 Å². The molecule has 0 aliphatic carbocycles. The third-order valence-corrected chi connectivity index (χ3v) is 2.95. The van der Waals surface area contributed by atoms with Crippen molar-refractivity contribution in [1.82, 2.24) is 18.7 Å². The highest BCUT2D eigenvalue weighted by Crippen LogP contribution is 2.07. The maximum atomic E-state index is 13.2. The van der Waals surface area contributed by atoms with Gasteiger partial charge in [-0.2, -0.15) is 9.94 Å². The second-order valence-corrected chi connectivity index (χ2v) is 4.25. The van der Waals surface area contributed by atoms with Crippen LogP contribution in [0.5, 0.6) is 0 Å². The predicted molar refractivity (Wildman–Crippen MR) is 70.6 cm³/mol. The Hall–Kier alpha value is -3.21. The van der Waals surface area contributed by atoms with E-state index in [-0.39, 0.29) is 12.2 Å². The Morgan fingerprint density at radius 2 is 2.10 bits per heavy atom. The van der Waals surface area contributed by atoms with Gasteiger partial charge in [0.25, 0.3) is 0 Å². The number of benzene rings is 1. The fourth-order valence-corrected chi connectivity index (χ4v) is 2.01. The molecule has 0 bridgehead atoms. The van der Waals surface area contributed by atoms with Gasteiger partial charge in [-0.1, -0.05) is 6.07 Å². The monoisotopic (exact) mass is 285 g/mol. The van der Waals surface area contributed by atoms with Crippen LogP contribution in [0, 0.1) is 17.1 Å². The van der Waals surface area contributed by atoms with E-state index in [4.69, 9.17) is 5.26 Å². The minimum absolute atomic E-state index is 0.123. The fraction of sp³-hybridized carbons (Fsp3) is 0.0769. The van der Waals surface area contributed by atoms with Crippen LogP contribution in [0.15, 0.2) is 46.2 Å². The van der Waals surface area contributed by atoms with Crippen molar-refractivity contribution < 1.29 is 4.39 Å². The molecule has 0 radical (unpaired) electrons. The summed E-state index contributed by atoms with van der Waals surface area (Å²) in [5.74, 6) is -0.480. The molecular formula is C13H8FN5O2. The Morgan fingerprint density at radius 1 is 1.29 bits per heavy atom. The van der Waals surface area contributed by atoms with Crippen LogP contribution in [0.2, 0.25) is 0 Å². The van der Waals surface area contributed by atoms with Gasteiger partial charge in [0.2, 0.25) is 5.65 Å². The van der Waals surface area contributed by atoms with Gasteiger partial charge in [0.05, 0.1) is 11.8 Å². The Morgan fingerprint density at radius 3 is 2.81 bits per heavy atom. The largest absolute Gasteiger partial charge is 0.351 e. The number of halogens is 1. The summed E-state index contributed by atoms with van der Waals surface area (Å²) in [6, 6.07) is 7.28. The SMILES string of the molecule is N#CCn1nc2c(=O)n(-c3cccc(F)c3)ccn2c1=O. The van der Waals surface area contributed by atoms with Crippen molar-refractivity contribution >= 4 is 5.65 Å². The van der Waals surface area contributed by atoms with Gasteiger partial charge in [-0.15, -0.1) is 5.10 Å². The van der Waals surface area contributed by atoms with Crippen molar-refractivity contribution in [3.05, 3.63) is 63.3 Å². The second-order valence-electron chi connectivity index (χ2n) is 4.25. The maximum absolute atomic E-state index is 13.2. The summed E-state index contributed by atoms with van der Waals surface area (Å²) in [6.07, 6.45) is 2.70. The minimum Gasteiger partial charge on any atom is -0.279 e. The molecule has 0 aliphatic rings. The highest BCUT2D eigenvalue weighted by atomic mass is 19.1. The molecule has 0 aliphatic heterocycles. The lowest BCUT2D eigenvalue weighted by molar-refractivity contribution is 0.626. The number of nitriles is 1. The highest BCUT2D eigenvalue weighted by Gasteiger charge is 2.12. The van der Waals surface area contributed by atoms with Crippen molar-refractivity contribution in [3.8, 4) is 11.8 Å². The molecule has 8 heteroatoms. The maximum Gasteiger partial charge on any atom is 0.351 e. The smallest absolute Gasteiger partial charge is 0.279 e. The molecule has 3 aromatic rings. The first-order valence-corrected chi connectivity index (χ1v) is 5.95. The van der Waals surface area contributed by atoms with E-state index < -0.39 is 17.1 Å². The molecule has 0 saturated carbocycles. The first-order valence-electron chi connectivity index (χ1n) is 5.95. The Balaban J connectivity index is 2.29. The second kappa shape index (κ2) is 4.72. The van der Waals surface area contributed by atoms with Gasteiger partial charge >= 0.3 is 11.2 Å². The van der Waals surface area contributed by atoms with E-state index in [1.807, 2.05) is 0 Å². The van der Waals surface area contributed by atoms with Gasteiger partial charge in [0, 0.05) is 12.4 Å². The topological polar surface area (TPSA) is 85.1 Å². The summed E-state index contributed by atoms with van der Waals surface area (Å²) >= 11 is 0. The Kier molecular flexibility index (Phi) is 2.88. The van der Waals surface area contributed by atoms with Crippen molar-refractivity contribution in [1.29, 1.82) is 5.26 Å². The number of hydrogen-bond acceptors (Lipinski definition) is 4. The molecule has 104 valence electrons. The third kappa shape index (κ3) is 2.01. The van der Waals surface area contributed by atoms with Crippen LogP contribution in [0.25, 0.3) is 11.3 Å². The van der Waals surface area contributed by atoms with E-state index in [0.29, 0.717) is 5.69 Å². The van der Waals surface area contributed by atoms with Gasteiger partial charge in [-0.25, -0.2) is 13.6 Å². The van der Waals surface area contributed by atoms with E-state index in [1.54, 1.807) is 12.1 Å². The standard InChI is InChI=1S/C13H8FN5O2/c14-9-2-1-3-10(8-9)17-6-7-18-11(12(17)20)16-19(5-4-15)13(18)21/h1-3,6-8H,5H2. The summed E-state index contributed by atoms with van der Waals surface area (Å²) < 4.78 is 16.4. The normalized spacial score (nSPS) is 10.7. The van der Waals surface area contributed by atoms with Crippen LogP contribution in [0.1, 0.15) is 0 Å². The highest BCUT2D eigenvalue weighted by molar-refractivity contribution is 5.39. The molecule has 7 nitrogen and oxygen atoms in total. The summed E-state index contributed by atoms with van der Waals surface area (Å²) in [5, 5.41) is 12.4. The average molecular weight is 285 g/mol. The zero-order valence-corrected chi connectivity index (χ0v) is 10.6. The van der Waals surface area contributed by atoms with E-state index in [1.165, 1.54) is 35.2 Å². The third-order valence-electron chi connectivity index (χ3n) is 2.95. The zero-order valence-electron chi connectivity index (χ0n) is 10.6. The van der Waals surface area contributed by atoms with Gasteiger partial charge in [0.15, 0.2) is 0 Å². The zero-order chi connectivity index (χ0) is 15.0. The number of fused-ring (bicyclic) bond motifs is 1. The number of rotatable bonds is 2.